The minimum Gasteiger partial charge on any atom is -0.811 e. The lowest BCUT2D eigenvalue weighted by Crippen LogP contribution is -2.48. The molecule has 0 saturated carbocycles. The van der Waals surface area contributed by atoms with Crippen LogP contribution in [-0.4, -0.2) is 76.0 Å². The molecule has 1 rings (SSSR count). The van der Waals surface area contributed by atoms with Gasteiger partial charge in [-0.2, -0.15) is 0 Å². The van der Waals surface area contributed by atoms with E-state index >= 15 is 0 Å². The Morgan fingerprint density at radius 2 is 1.58 bits per heavy atom. The predicted molar refractivity (Wildman–Crippen MR) is 93.0 cm³/mol. The third kappa shape index (κ3) is 9.25. The molecular weight excluding hydrogens is 405 g/mol. The number of nitrogens with zero attached hydrogens (tertiary/aromatic N) is 1. The summed E-state index contributed by atoms with van der Waals surface area (Å²) in [4.78, 5) is 21.8. The van der Waals surface area contributed by atoms with E-state index in [9.17, 15) is 35.7 Å². The molecule has 1 heterocycles. The number of sulfone groups is 1. The van der Waals surface area contributed by atoms with Gasteiger partial charge in [0.25, 0.3) is 0 Å². The molecule has 1 aliphatic rings. The van der Waals surface area contributed by atoms with Crippen LogP contribution in [-0.2, 0) is 24.5 Å². The Hall–Kier alpha value is -0.0300. The number of quaternary nitrogens is 1. The molecule has 156 valence electrons. The normalized spacial score (nSPS) is 27.7. The van der Waals surface area contributed by atoms with E-state index in [2.05, 4.69) is 0 Å². The Bertz CT molecular complexity index is 717. The van der Waals surface area contributed by atoms with Gasteiger partial charge >= 0.3 is 0 Å². The van der Waals surface area contributed by atoms with E-state index in [4.69, 9.17) is 0 Å². The molecular formula is C14H28NO8PS2-2. The van der Waals surface area contributed by atoms with Crippen LogP contribution in [0.4, 0.5) is 0 Å². The van der Waals surface area contributed by atoms with Gasteiger partial charge in [-0.15, -0.1) is 0 Å². The van der Waals surface area contributed by atoms with Gasteiger partial charge in [0.2, 0.25) is 0 Å². The minimum atomic E-state index is -4.63. The lowest BCUT2D eigenvalue weighted by Gasteiger charge is -2.37. The largest absolute Gasteiger partial charge is 0.811 e. The Morgan fingerprint density at radius 3 is 2.04 bits per heavy atom. The first-order valence-corrected chi connectivity index (χ1v) is 14.0. The second-order valence-corrected chi connectivity index (χ2v) is 12.9. The summed E-state index contributed by atoms with van der Waals surface area (Å²) in [6.07, 6.45) is 1.70. The molecule has 9 nitrogen and oxygen atoms in total. The van der Waals surface area contributed by atoms with Gasteiger partial charge in [0.15, 0.2) is 0 Å². The number of hydrogen-bond acceptors (Lipinski definition) is 8. The first-order valence-electron chi connectivity index (χ1n) is 8.62. The smallest absolute Gasteiger partial charge is 0.147 e. The summed E-state index contributed by atoms with van der Waals surface area (Å²) in [5.41, 5.74) is 0. The van der Waals surface area contributed by atoms with Crippen LogP contribution in [0.25, 0.3) is 0 Å². The van der Waals surface area contributed by atoms with Gasteiger partial charge in [-0.1, -0.05) is 14.5 Å². The van der Waals surface area contributed by atoms with Gasteiger partial charge in [0, 0.05) is 36.7 Å². The molecule has 0 N–H and O–H groups in total. The summed E-state index contributed by atoms with van der Waals surface area (Å²) in [5.74, 6) is -0.486. The van der Waals surface area contributed by atoms with E-state index in [-0.39, 0.29) is 30.4 Å². The van der Waals surface area contributed by atoms with E-state index in [1.807, 2.05) is 6.92 Å². The van der Waals surface area contributed by atoms with Crippen molar-refractivity contribution in [2.45, 2.75) is 26.2 Å². The molecule has 0 aliphatic carbocycles. The molecule has 0 radical (unpaired) electrons. The van der Waals surface area contributed by atoms with E-state index in [1.165, 1.54) is 6.26 Å². The third-order valence-corrected chi connectivity index (χ3v) is 7.73. The van der Waals surface area contributed by atoms with Crippen molar-refractivity contribution < 1.29 is 40.2 Å². The molecule has 0 amide bonds. The molecule has 0 aromatic rings. The minimum absolute atomic E-state index is 0.0208. The third-order valence-electron chi connectivity index (χ3n) is 5.04. The maximum absolute atomic E-state index is 11.7. The van der Waals surface area contributed by atoms with Gasteiger partial charge < -0.3 is 23.4 Å². The van der Waals surface area contributed by atoms with Crippen molar-refractivity contribution in [2.75, 3.05) is 50.1 Å². The zero-order valence-electron chi connectivity index (χ0n) is 15.2. The molecule has 1 aliphatic heterocycles. The van der Waals surface area contributed by atoms with Crippen LogP contribution in [0, 0.1) is 11.8 Å². The average Bonchev–Trinajstić information content (AvgIpc) is 2.71. The van der Waals surface area contributed by atoms with Crippen molar-refractivity contribution in [3.63, 3.8) is 0 Å². The molecule has 0 spiro atoms. The van der Waals surface area contributed by atoms with Crippen molar-refractivity contribution in [1.82, 2.24) is 0 Å². The summed E-state index contributed by atoms with van der Waals surface area (Å²) in [7, 11) is -12.2. The van der Waals surface area contributed by atoms with E-state index < -0.39 is 39.5 Å². The zero-order valence-corrected chi connectivity index (χ0v) is 17.7. The zero-order chi connectivity index (χ0) is 20.2. The Labute approximate surface area is 156 Å². The molecule has 1 saturated heterocycles. The fourth-order valence-corrected chi connectivity index (χ4v) is 6.23. The van der Waals surface area contributed by atoms with Crippen LogP contribution in [0.15, 0.2) is 0 Å². The summed E-state index contributed by atoms with van der Waals surface area (Å²) >= 11 is 0. The van der Waals surface area contributed by atoms with Crippen molar-refractivity contribution in [2.24, 2.45) is 11.8 Å². The fraction of sp³-hybridized carbons (Fsp3) is 1.00. The fourth-order valence-electron chi connectivity index (χ4n) is 4.06. The quantitative estimate of drug-likeness (QED) is 0.222. The number of rotatable bonds is 11. The van der Waals surface area contributed by atoms with Gasteiger partial charge in [-0.3, -0.25) is 0 Å². The standard InChI is InChI=1S/C14H30NO8PS2/c1-3-13-10-15(6-4-8-24(16,17)18,7-5-9-26(21,22)23)11-14(13)12-25(2,19)20/h13-14H,3-12H2,1-2H3,(H2-,16,17,18,21,22,23)/p-2. The van der Waals surface area contributed by atoms with Crippen LogP contribution in [0.3, 0.4) is 0 Å². The van der Waals surface area contributed by atoms with Crippen LogP contribution in [0.2, 0.25) is 0 Å². The van der Waals surface area contributed by atoms with Crippen LogP contribution < -0.4 is 9.79 Å². The summed E-state index contributed by atoms with van der Waals surface area (Å²) in [6.45, 7) is 3.72. The topological polar surface area (TPSA) is 155 Å². The first-order chi connectivity index (χ1) is 11.6. The highest BCUT2D eigenvalue weighted by Crippen LogP contribution is 2.35. The highest BCUT2D eigenvalue weighted by Gasteiger charge is 2.44. The van der Waals surface area contributed by atoms with Crippen molar-refractivity contribution in [3.8, 4) is 0 Å². The molecule has 12 heteroatoms. The van der Waals surface area contributed by atoms with E-state index in [0.29, 0.717) is 30.7 Å². The lowest BCUT2D eigenvalue weighted by molar-refractivity contribution is -0.919. The highest BCUT2D eigenvalue weighted by molar-refractivity contribution is 7.90. The van der Waals surface area contributed by atoms with Crippen LogP contribution >= 0.6 is 7.60 Å². The Balaban J connectivity index is 2.90. The molecule has 3 unspecified atom stereocenters. The van der Waals surface area contributed by atoms with Crippen molar-refractivity contribution >= 4 is 27.6 Å². The Morgan fingerprint density at radius 1 is 1.04 bits per heavy atom. The molecule has 0 bridgehead atoms. The predicted octanol–water partition coefficient (Wildman–Crippen LogP) is -1.26. The number of likely N-dealkylation sites (tertiary alicyclic amines) is 1. The molecule has 26 heavy (non-hydrogen) atoms. The van der Waals surface area contributed by atoms with Gasteiger partial charge in [0.05, 0.1) is 42.1 Å². The van der Waals surface area contributed by atoms with Gasteiger partial charge in [0.1, 0.15) is 9.84 Å². The summed E-state index contributed by atoms with van der Waals surface area (Å²) < 4.78 is 67.3. The van der Waals surface area contributed by atoms with Crippen molar-refractivity contribution in [3.05, 3.63) is 0 Å². The average molecular weight is 433 g/mol. The number of hydrogen-bond donors (Lipinski definition) is 0. The summed E-state index contributed by atoms with van der Waals surface area (Å²) in [6, 6.07) is 0. The molecule has 3 atom stereocenters. The highest BCUT2D eigenvalue weighted by atomic mass is 32.2. The monoisotopic (exact) mass is 433 g/mol. The Kier molecular flexibility index (Phi) is 8.29. The van der Waals surface area contributed by atoms with Crippen molar-refractivity contribution in [1.29, 1.82) is 0 Å². The SMILES string of the molecule is CCC1C[N+](CCCP(=O)([O-])[O-])(CCCS(=O)(=O)[O-])CC1CS(C)(=O)=O. The van der Waals surface area contributed by atoms with E-state index in [1.54, 1.807) is 0 Å². The molecule has 0 aromatic heterocycles. The second-order valence-electron chi connectivity index (χ2n) is 7.48. The summed E-state index contributed by atoms with van der Waals surface area (Å²) in [5, 5.41) is 0. The maximum atomic E-state index is 11.7. The maximum Gasteiger partial charge on any atom is 0.147 e. The second kappa shape index (κ2) is 8.98. The van der Waals surface area contributed by atoms with Gasteiger partial charge in [-0.05, 0) is 12.6 Å². The molecule has 0 aromatic carbocycles. The van der Waals surface area contributed by atoms with Gasteiger partial charge in [-0.25, -0.2) is 16.8 Å². The van der Waals surface area contributed by atoms with E-state index in [0.717, 1.165) is 6.42 Å². The van der Waals surface area contributed by atoms with Crippen LogP contribution in [0.1, 0.15) is 26.2 Å². The lowest BCUT2D eigenvalue weighted by atomic mass is 9.96. The first kappa shape index (κ1) is 24.0. The van der Waals surface area contributed by atoms with Crippen LogP contribution in [0.5, 0.6) is 0 Å². The molecule has 1 fully saturated rings.